The highest BCUT2D eigenvalue weighted by molar-refractivity contribution is 9.10. The van der Waals surface area contributed by atoms with Gasteiger partial charge >= 0.3 is 0 Å². The summed E-state index contributed by atoms with van der Waals surface area (Å²) in [5, 5.41) is 4.02. The summed E-state index contributed by atoms with van der Waals surface area (Å²) < 4.78 is 2.18. The third-order valence-corrected chi connectivity index (χ3v) is 3.61. The Morgan fingerprint density at radius 3 is 2.82 bits per heavy atom. The van der Waals surface area contributed by atoms with Gasteiger partial charge in [-0.2, -0.15) is 0 Å². The Bertz CT molecular complexity index is 653. The van der Waals surface area contributed by atoms with Gasteiger partial charge in [-0.1, -0.05) is 27.3 Å². The van der Waals surface area contributed by atoms with E-state index in [0.29, 0.717) is 0 Å². The van der Waals surface area contributed by atoms with Crippen LogP contribution in [0.2, 0.25) is 0 Å². The minimum Gasteiger partial charge on any atom is -0.329 e. The predicted octanol–water partition coefficient (Wildman–Crippen LogP) is 3.59. The Morgan fingerprint density at radius 2 is 2.00 bits per heavy atom. The summed E-state index contributed by atoms with van der Waals surface area (Å²) in [5.41, 5.74) is 1.81. The largest absolute Gasteiger partial charge is 0.329 e. The zero-order chi connectivity index (χ0) is 11.7. The molecule has 0 spiro atoms. The maximum atomic E-state index is 4.49. The molecule has 0 fully saturated rings. The van der Waals surface area contributed by atoms with Crippen molar-refractivity contribution in [2.24, 2.45) is 0 Å². The molecule has 3 rings (SSSR count). The number of thiazole rings is 1. The van der Waals surface area contributed by atoms with Crippen LogP contribution in [0.1, 0.15) is 0 Å². The van der Waals surface area contributed by atoms with Gasteiger partial charge in [0, 0.05) is 4.47 Å². The molecule has 0 unspecified atom stereocenters. The minimum absolute atomic E-state index is 0.839. The van der Waals surface area contributed by atoms with Gasteiger partial charge in [0.05, 0.1) is 28.3 Å². The fourth-order valence-corrected chi connectivity index (χ4v) is 2.66. The summed E-state index contributed by atoms with van der Waals surface area (Å²) in [7, 11) is 0. The highest BCUT2D eigenvalue weighted by Gasteiger charge is 2.04. The molecule has 2 aromatic heterocycles. The number of hydrogen-bond donors (Lipinski definition) is 1. The van der Waals surface area contributed by atoms with Crippen molar-refractivity contribution in [3.8, 4) is 0 Å². The molecule has 2 heterocycles. The van der Waals surface area contributed by atoms with E-state index in [-0.39, 0.29) is 0 Å². The first-order valence-corrected chi connectivity index (χ1v) is 6.50. The number of hydrogen-bond acceptors (Lipinski definition) is 5. The van der Waals surface area contributed by atoms with E-state index < -0.39 is 0 Å². The van der Waals surface area contributed by atoms with Crippen molar-refractivity contribution < 1.29 is 0 Å². The topological polar surface area (TPSA) is 50.7 Å². The van der Waals surface area contributed by atoms with Crippen molar-refractivity contribution in [1.82, 2.24) is 15.0 Å². The lowest BCUT2D eigenvalue weighted by Gasteiger charge is -1.98. The quantitative estimate of drug-likeness (QED) is 0.786. The zero-order valence-electron chi connectivity index (χ0n) is 8.59. The van der Waals surface area contributed by atoms with Crippen LogP contribution in [0.5, 0.6) is 0 Å². The molecule has 1 aromatic carbocycles. The lowest BCUT2D eigenvalue weighted by molar-refractivity contribution is 1.17. The van der Waals surface area contributed by atoms with Crippen LogP contribution in [-0.4, -0.2) is 15.0 Å². The summed E-state index contributed by atoms with van der Waals surface area (Å²) in [6, 6.07) is 6.05. The summed E-state index contributed by atoms with van der Waals surface area (Å²) in [5.74, 6) is 0. The van der Waals surface area contributed by atoms with E-state index in [1.807, 2.05) is 18.2 Å². The number of rotatable bonds is 2. The van der Waals surface area contributed by atoms with Crippen LogP contribution in [-0.2, 0) is 0 Å². The molecule has 0 saturated heterocycles. The van der Waals surface area contributed by atoms with Crippen LogP contribution in [0.4, 0.5) is 10.8 Å². The molecule has 6 heteroatoms. The molecule has 84 valence electrons. The predicted molar refractivity (Wildman–Crippen MR) is 72.6 cm³/mol. The molecule has 0 saturated carbocycles. The molecule has 0 amide bonds. The summed E-state index contributed by atoms with van der Waals surface area (Å²) in [6.45, 7) is 0. The van der Waals surface area contributed by atoms with Crippen LogP contribution < -0.4 is 5.32 Å². The van der Waals surface area contributed by atoms with Gasteiger partial charge in [0.15, 0.2) is 5.13 Å². The van der Waals surface area contributed by atoms with Crippen LogP contribution in [0.25, 0.3) is 10.2 Å². The first-order chi connectivity index (χ1) is 8.31. The lowest BCUT2D eigenvalue weighted by Crippen LogP contribution is -1.90. The Labute approximate surface area is 110 Å². The Kier molecular flexibility index (Phi) is 2.74. The highest BCUT2D eigenvalue weighted by atomic mass is 79.9. The third-order valence-electron chi connectivity index (χ3n) is 2.16. The molecule has 0 bridgehead atoms. The van der Waals surface area contributed by atoms with Crippen molar-refractivity contribution in [2.75, 3.05) is 5.32 Å². The number of fused-ring (bicyclic) bond motifs is 1. The second kappa shape index (κ2) is 4.38. The van der Waals surface area contributed by atoms with E-state index in [1.54, 1.807) is 23.7 Å². The van der Waals surface area contributed by atoms with Crippen LogP contribution in [0.3, 0.4) is 0 Å². The molecule has 0 aliphatic heterocycles. The molecule has 0 aliphatic rings. The lowest BCUT2D eigenvalue weighted by atomic mass is 10.3. The van der Waals surface area contributed by atoms with E-state index in [0.717, 1.165) is 25.5 Å². The number of nitrogens with zero attached hydrogens (tertiary/aromatic N) is 3. The normalized spacial score (nSPS) is 10.6. The van der Waals surface area contributed by atoms with Crippen LogP contribution >= 0.6 is 27.3 Å². The SMILES string of the molecule is Brc1ccc2sc(Nc3cncnc3)nc2c1. The molecule has 0 atom stereocenters. The fourth-order valence-electron chi connectivity index (χ4n) is 1.44. The maximum absolute atomic E-state index is 4.49. The van der Waals surface area contributed by atoms with Crippen molar-refractivity contribution in [3.05, 3.63) is 41.4 Å². The summed E-state index contributed by atoms with van der Waals surface area (Å²) >= 11 is 5.03. The van der Waals surface area contributed by atoms with Gasteiger partial charge in [-0.15, -0.1) is 0 Å². The molecular weight excluding hydrogens is 300 g/mol. The summed E-state index contributed by atoms with van der Waals surface area (Å²) in [4.78, 5) is 12.4. The zero-order valence-corrected chi connectivity index (χ0v) is 11.0. The van der Waals surface area contributed by atoms with Gasteiger partial charge < -0.3 is 5.32 Å². The van der Waals surface area contributed by atoms with Gasteiger partial charge in [-0.05, 0) is 18.2 Å². The van der Waals surface area contributed by atoms with E-state index in [1.165, 1.54) is 6.33 Å². The van der Waals surface area contributed by atoms with E-state index in [2.05, 4.69) is 36.2 Å². The maximum Gasteiger partial charge on any atom is 0.188 e. The second-order valence-electron chi connectivity index (χ2n) is 3.38. The standard InChI is InChI=1S/C11H7BrN4S/c12-7-1-2-10-9(3-7)16-11(17-10)15-8-4-13-6-14-5-8/h1-6H,(H,15,16). The number of nitrogens with one attached hydrogen (secondary N) is 1. The van der Waals surface area contributed by atoms with Gasteiger partial charge in [-0.3, -0.25) is 0 Å². The molecule has 17 heavy (non-hydrogen) atoms. The van der Waals surface area contributed by atoms with Gasteiger partial charge in [0.1, 0.15) is 6.33 Å². The van der Waals surface area contributed by atoms with Crippen molar-refractivity contribution in [1.29, 1.82) is 0 Å². The monoisotopic (exact) mass is 306 g/mol. The Morgan fingerprint density at radius 1 is 1.18 bits per heavy atom. The molecule has 4 nitrogen and oxygen atoms in total. The third kappa shape index (κ3) is 2.27. The number of anilines is 2. The minimum atomic E-state index is 0.839. The van der Waals surface area contributed by atoms with Crippen molar-refractivity contribution >= 4 is 48.3 Å². The fraction of sp³-hybridized carbons (Fsp3) is 0. The van der Waals surface area contributed by atoms with Gasteiger partial charge in [0.25, 0.3) is 0 Å². The van der Waals surface area contributed by atoms with Crippen LogP contribution in [0, 0.1) is 0 Å². The smallest absolute Gasteiger partial charge is 0.188 e. The molecule has 0 radical (unpaired) electrons. The van der Waals surface area contributed by atoms with Crippen molar-refractivity contribution in [2.45, 2.75) is 0 Å². The molecular formula is C11H7BrN4S. The van der Waals surface area contributed by atoms with Gasteiger partial charge in [0.2, 0.25) is 0 Å². The highest BCUT2D eigenvalue weighted by Crippen LogP contribution is 2.29. The van der Waals surface area contributed by atoms with E-state index in [4.69, 9.17) is 0 Å². The van der Waals surface area contributed by atoms with Gasteiger partial charge in [-0.25, -0.2) is 15.0 Å². The molecule has 0 aliphatic carbocycles. The van der Waals surface area contributed by atoms with E-state index >= 15 is 0 Å². The number of aromatic nitrogens is 3. The Hall–Kier alpha value is -1.53. The van der Waals surface area contributed by atoms with Crippen LogP contribution in [0.15, 0.2) is 41.4 Å². The number of halogens is 1. The Balaban J connectivity index is 1.96. The first-order valence-electron chi connectivity index (χ1n) is 4.89. The number of benzene rings is 1. The molecule has 3 aromatic rings. The van der Waals surface area contributed by atoms with E-state index in [9.17, 15) is 0 Å². The average Bonchev–Trinajstić information content (AvgIpc) is 2.71. The second-order valence-corrected chi connectivity index (χ2v) is 5.33. The first kappa shape index (κ1) is 10.6. The molecule has 1 N–H and O–H groups in total. The average molecular weight is 307 g/mol. The van der Waals surface area contributed by atoms with Crippen molar-refractivity contribution in [3.63, 3.8) is 0 Å². The summed E-state index contributed by atoms with van der Waals surface area (Å²) in [6.07, 6.45) is 4.94.